The third kappa shape index (κ3) is 3.30. The highest BCUT2D eigenvalue weighted by Crippen LogP contribution is 2.32. The predicted molar refractivity (Wildman–Crippen MR) is 86.8 cm³/mol. The normalized spacial score (nSPS) is 14.5. The Bertz CT molecular complexity index is 662. The van der Waals surface area contributed by atoms with Gasteiger partial charge in [-0.05, 0) is 38.8 Å². The maximum atomic E-state index is 6.17. The van der Waals surface area contributed by atoms with E-state index in [1.807, 2.05) is 31.6 Å². The van der Waals surface area contributed by atoms with Crippen LogP contribution in [0.25, 0.3) is 0 Å². The van der Waals surface area contributed by atoms with E-state index in [9.17, 15) is 0 Å². The molecule has 112 valence electrons. The summed E-state index contributed by atoms with van der Waals surface area (Å²) in [5.74, 6) is 1.74. The Kier molecular flexibility index (Phi) is 4.04. The average molecular weight is 350 g/mol. The van der Waals surface area contributed by atoms with Crippen LogP contribution in [0, 0.1) is 13.8 Å². The van der Waals surface area contributed by atoms with Crippen molar-refractivity contribution in [2.75, 3.05) is 0 Å². The standard InChI is InChI=1S/C16H20BrN3O/c1-10-16(11(2)20(3)19-10)21-15-8-13(17)5-4-12(15)9-18-14-6-7-14/h4-5,8,14,18H,6-7,9H2,1-3H3. The highest BCUT2D eigenvalue weighted by molar-refractivity contribution is 9.10. The molecule has 1 aromatic carbocycles. The van der Waals surface area contributed by atoms with Crippen LogP contribution < -0.4 is 10.1 Å². The zero-order valence-corrected chi connectivity index (χ0v) is 14.2. The van der Waals surface area contributed by atoms with Gasteiger partial charge in [0, 0.05) is 29.7 Å². The molecular weight excluding hydrogens is 330 g/mol. The molecule has 1 aliphatic rings. The van der Waals surface area contributed by atoms with Crippen molar-refractivity contribution in [3.63, 3.8) is 0 Å². The topological polar surface area (TPSA) is 39.1 Å². The smallest absolute Gasteiger partial charge is 0.171 e. The highest BCUT2D eigenvalue weighted by atomic mass is 79.9. The molecular formula is C16H20BrN3O. The van der Waals surface area contributed by atoms with Crippen LogP contribution in [0.3, 0.4) is 0 Å². The van der Waals surface area contributed by atoms with Gasteiger partial charge in [0.05, 0.1) is 5.69 Å². The zero-order valence-electron chi connectivity index (χ0n) is 12.6. The van der Waals surface area contributed by atoms with Gasteiger partial charge in [-0.15, -0.1) is 0 Å². The molecule has 0 unspecified atom stereocenters. The fourth-order valence-electron chi connectivity index (χ4n) is 2.32. The molecule has 0 saturated heterocycles. The van der Waals surface area contributed by atoms with Crippen LogP contribution in [-0.4, -0.2) is 15.8 Å². The van der Waals surface area contributed by atoms with Gasteiger partial charge >= 0.3 is 0 Å². The first kappa shape index (κ1) is 14.6. The van der Waals surface area contributed by atoms with E-state index in [4.69, 9.17) is 4.74 Å². The van der Waals surface area contributed by atoms with Gasteiger partial charge in [-0.1, -0.05) is 22.0 Å². The van der Waals surface area contributed by atoms with Crippen LogP contribution in [0.2, 0.25) is 0 Å². The number of benzene rings is 1. The molecule has 1 aliphatic carbocycles. The minimum Gasteiger partial charge on any atom is -0.453 e. The van der Waals surface area contributed by atoms with E-state index < -0.39 is 0 Å². The Morgan fingerprint density at radius 2 is 2.14 bits per heavy atom. The van der Waals surface area contributed by atoms with Gasteiger partial charge in [-0.25, -0.2) is 0 Å². The van der Waals surface area contributed by atoms with E-state index >= 15 is 0 Å². The summed E-state index contributed by atoms with van der Waals surface area (Å²) in [5, 5.41) is 7.94. The molecule has 2 aromatic rings. The molecule has 5 heteroatoms. The maximum absolute atomic E-state index is 6.17. The van der Waals surface area contributed by atoms with Crippen molar-refractivity contribution >= 4 is 15.9 Å². The minimum absolute atomic E-state index is 0.684. The summed E-state index contributed by atoms with van der Waals surface area (Å²) in [6, 6.07) is 6.87. The van der Waals surface area contributed by atoms with Crippen molar-refractivity contribution < 1.29 is 4.74 Å². The number of aryl methyl sites for hydroxylation is 2. The number of rotatable bonds is 5. The van der Waals surface area contributed by atoms with E-state index in [-0.39, 0.29) is 0 Å². The molecule has 1 fully saturated rings. The largest absolute Gasteiger partial charge is 0.453 e. The summed E-state index contributed by atoms with van der Waals surface area (Å²) in [6.07, 6.45) is 2.57. The molecule has 0 aliphatic heterocycles. The van der Waals surface area contributed by atoms with Crippen LogP contribution in [-0.2, 0) is 13.6 Å². The Morgan fingerprint density at radius 3 is 2.76 bits per heavy atom. The highest BCUT2D eigenvalue weighted by Gasteiger charge is 2.21. The van der Waals surface area contributed by atoms with E-state index in [0.29, 0.717) is 6.04 Å². The predicted octanol–water partition coefficient (Wildman–Crippen LogP) is 3.84. The molecule has 4 nitrogen and oxygen atoms in total. The van der Waals surface area contributed by atoms with E-state index in [2.05, 4.69) is 38.5 Å². The lowest BCUT2D eigenvalue weighted by Crippen LogP contribution is -2.15. The monoisotopic (exact) mass is 349 g/mol. The second kappa shape index (κ2) is 5.81. The van der Waals surface area contributed by atoms with Gasteiger partial charge < -0.3 is 10.1 Å². The van der Waals surface area contributed by atoms with Crippen molar-refractivity contribution in [3.8, 4) is 11.5 Å². The van der Waals surface area contributed by atoms with Gasteiger partial charge in [0.15, 0.2) is 5.75 Å². The summed E-state index contributed by atoms with van der Waals surface area (Å²) in [7, 11) is 1.94. The molecule has 1 aromatic heterocycles. The first-order valence-electron chi connectivity index (χ1n) is 7.24. The Hall–Kier alpha value is -1.33. The summed E-state index contributed by atoms with van der Waals surface area (Å²) >= 11 is 3.52. The number of nitrogens with one attached hydrogen (secondary N) is 1. The molecule has 1 N–H and O–H groups in total. The third-order valence-electron chi connectivity index (χ3n) is 3.84. The summed E-state index contributed by atoms with van der Waals surface area (Å²) < 4.78 is 9.04. The third-order valence-corrected chi connectivity index (χ3v) is 4.34. The van der Waals surface area contributed by atoms with Crippen LogP contribution >= 0.6 is 15.9 Å². The lowest BCUT2D eigenvalue weighted by Gasteiger charge is -2.13. The van der Waals surface area contributed by atoms with Crippen molar-refractivity contribution in [3.05, 3.63) is 39.6 Å². The summed E-state index contributed by atoms with van der Waals surface area (Å²) in [5.41, 5.74) is 3.12. The van der Waals surface area contributed by atoms with Gasteiger partial charge in [0.2, 0.25) is 0 Å². The van der Waals surface area contributed by atoms with Crippen molar-refractivity contribution in [1.29, 1.82) is 0 Å². The molecule has 3 rings (SSSR count). The van der Waals surface area contributed by atoms with E-state index in [1.165, 1.54) is 18.4 Å². The first-order valence-corrected chi connectivity index (χ1v) is 8.03. The zero-order chi connectivity index (χ0) is 15.0. The van der Waals surface area contributed by atoms with E-state index in [1.54, 1.807) is 0 Å². The van der Waals surface area contributed by atoms with Crippen molar-refractivity contribution in [2.24, 2.45) is 7.05 Å². The number of hydrogen-bond acceptors (Lipinski definition) is 3. The Labute approximate surface area is 133 Å². The molecule has 0 atom stereocenters. The maximum Gasteiger partial charge on any atom is 0.171 e. The van der Waals surface area contributed by atoms with Crippen LogP contribution in [0.5, 0.6) is 11.5 Å². The summed E-state index contributed by atoms with van der Waals surface area (Å²) in [6.45, 7) is 4.84. The number of nitrogens with zero attached hydrogens (tertiary/aromatic N) is 2. The Balaban J connectivity index is 1.86. The number of halogens is 1. The molecule has 0 amide bonds. The second-order valence-electron chi connectivity index (χ2n) is 5.63. The van der Waals surface area contributed by atoms with Crippen molar-refractivity contribution in [1.82, 2.24) is 15.1 Å². The lowest BCUT2D eigenvalue weighted by molar-refractivity contribution is 0.464. The molecule has 1 heterocycles. The minimum atomic E-state index is 0.684. The number of hydrogen-bond donors (Lipinski definition) is 1. The van der Waals surface area contributed by atoms with Crippen LogP contribution in [0.1, 0.15) is 29.8 Å². The van der Waals surface area contributed by atoms with Gasteiger partial charge in [0.25, 0.3) is 0 Å². The second-order valence-corrected chi connectivity index (χ2v) is 6.55. The van der Waals surface area contributed by atoms with Gasteiger partial charge in [0.1, 0.15) is 11.4 Å². The van der Waals surface area contributed by atoms with Crippen LogP contribution in [0.15, 0.2) is 22.7 Å². The molecule has 0 radical (unpaired) electrons. The van der Waals surface area contributed by atoms with Crippen LogP contribution in [0.4, 0.5) is 0 Å². The number of ether oxygens (including phenoxy) is 1. The molecule has 0 bridgehead atoms. The first-order chi connectivity index (χ1) is 10.0. The van der Waals surface area contributed by atoms with Gasteiger partial charge in [-0.3, -0.25) is 4.68 Å². The quantitative estimate of drug-likeness (QED) is 0.891. The average Bonchev–Trinajstić information content (AvgIpc) is 3.23. The van der Waals surface area contributed by atoms with E-state index in [0.717, 1.165) is 33.9 Å². The molecule has 1 saturated carbocycles. The summed E-state index contributed by atoms with van der Waals surface area (Å²) in [4.78, 5) is 0. The van der Waals surface area contributed by atoms with Crippen molar-refractivity contribution in [2.45, 2.75) is 39.3 Å². The Morgan fingerprint density at radius 1 is 1.38 bits per heavy atom. The fraction of sp³-hybridized carbons (Fsp3) is 0.438. The lowest BCUT2D eigenvalue weighted by atomic mass is 10.2. The van der Waals surface area contributed by atoms with Gasteiger partial charge in [-0.2, -0.15) is 5.10 Å². The fourth-order valence-corrected chi connectivity index (χ4v) is 2.66. The SMILES string of the molecule is Cc1nn(C)c(C)c1Oc1cc(Br)ccc1CNC1CC1. The molecule has 0 spiro atoms. The number of aromatic nitrogens is 2. The molecule has 21 heavy (non-hydrogen) atoms.